The Balaban J connectivity index is 1.74. The average Bonchev–Trinajstić information content (AvgIpc) is 3.41. The van der Waals surface area contributed by atoms with Gasteiger partial charge in [0.25, 0.3) is 5.56 Å². The molecule has 1 aliphatic rings. The number of thiazole rings is 1. The highest BCUT2D eigenvalue weighted by Gasteiger charge is 2.35. The second kappa shape index (κ2) is 11.4. The Labute approximate surface area is 246 Å². The van der Waals surface area contributed by atoms with Crippen LogP contribution in [0, 0.1) is 13.8 Å². The van der Waals surface area contributed by atoms with E-state index in [4.69, 9.17) is 25.8 Å². The summed E-state index contributed by atoms with van der Waals surface area (Å²) < 4.78 is 20.7. The summed E-state index contributed by atoms with van der Waals surface area (Å²) in [7, 11) is 3.11. The highest BCUT2D eigenvalue weighted by atomic mass is 35.5. The zero-order valence-electron chi connectivity index (χ0n) is 23.6. The summed E-state index contributed by atoms with van der Waals surface area (Å²) in [4.78, 5) is 32.5. The van der Waals surface area contributed by atoms with Crippen LogP contribution in [0.4, 0.5) is 0 Å². The maximum Gasteiger partial charge on any atom is 0.338 e. The molecule has 10 heteroatoms. The Morgan fingerprint density at radius 1 is 1.10 bits per heavy atom. The highest BCUT2D eigenvalue weighted by molar-refractivity contribution is 7.07. The van der Waals surface area contributed by atoms with E-state index in [1.807, 2.05) is 50.3 Å². The Bertz CT molecular complexity index is 1880. The monoisotopic (exact) mass is 591 g/mol. The summed E-state index contributed by atoms with van der Waals surface area (Å²) in [5, 5.41) is 0.644. The lowest BCUT2D eigenvalue weighted by atomic mass is 9.94. The largest absolute Gasteiger partial charge is 0.497 e. The number of ether oxygens (including phenoxy) is 3. The van der Waals surface area contributed by atoms with E-state index < -0.39 is 12.0 Å². The van der Waals surface area contributed by atoms with Gasteiger partial charge in [-0.15, -0.1) is 0 Å². The van der Waals surface area contributed by atoms with Crippen molar-refractivity contribution in [1.29, 1.82) is 0 Å². The van der Waals surface area contributed by atoms with E-state index in [1.54, 1.807) is 50.8 Å². The molecule has 212 valence electrons. The summed E-state index contributed by atoms with van der Waals surface area (Å²) in [6.07, 6.45) is 1.87. The van der Waals surface area contributed by atoms with Gasteiger partial charge in [-0.2, -0.15) is 0 Å². The molecule has 3 heterocycles. The maximum absolute atomic E-state index is 14.1. The molecule has 2 aromatic carbocycles. The number of aryl methyl sites for hydroxylation is 1. The number of carbonyl (C=O) groups is 1. The van der Waals surface area contributed by atoms with Crippen LogP contribution in [-0.4, -0.2) is 35.9 Å². The predicted octanol–water partition coefficient (Wildman–Crippen LogP) is 4.88. The molecule has 8 nitrogen and oxygen atoms in total. The molecule has 0 spiro atoms. The van der Waals surface area contributed by atoms with E-state index >= 15 is 0 Å². The van der Waals surface area contributed by atoms with Crippen molar-refractivity contribution in [2.45, 2.75) is 33.7 Å². The smallest absolute Gasteiger partial charge is 0.338 e. The van der Waals surface area contributed by atoms with Gasteiger partial charge in [0.2, 0.25) is 0 Å². The molecular formula is C31H30ClN3O5S. The Kier molecular flexibility index (Phi) is 7.93. The van der Waals surface area contributed by atoms with Gasteiger partial charge in [-0.3, -0.25) is 9.36 Å². The third-order valence-corrected chi connectivity index (χ3v) is 8.29. The SMILES string of the molecule is CCOC(=O)C1=C(C)N=c2s/c(=C/c3cc(C)n(-c4cccc(Cl)c4)c3C)c(=O)n2[C@@H]1c1cc(OC)ccc1OC. The minimum atomic E-state index is -0.823. The van der Waals surface area contributed by atoms with Crippen molar-refractivity contribution < 1.29 is 19.0 Å². The molecule has 4 aromatic rings. The number of allylic oxidation sites excluding steroid dienone is 1. The summed E-state index contributed by atoms with van der Waals surface area (Å²) in [6.45, 7) is 7.69. The predicted molar refractivity (Wildman–Crippen MR) is 160 cm³/mol. The molecular weight excluding hydrogens is 562 g/mol. The molecule has 0 N–H and O–H groups in total. The third-order valence-electron chi connectivity index (χ3n) is 7.07. The molecule has 0 fully saturated rings. The van der Waals surface area contributed by atoms with Crippen molar-refractivity contribution in [1.82, 2.24) is 9.13 Å². The first-order valence-electron chi connectivity index (χ1n) is 13.0. The zero-order chi connectivity index (χ0) is 29.4. The number of hydrogen-bond donors (Lipinski definition) is 0. The molecule has 0 saturated carbocycles. The topological polar surface area (TPSA) is 84.1 Å². The van der Waals surface area contributed by atoms with Crippen LogP contribution in [0.1, 0.15) is 42.4 Å². The number of fused-ring (bicyclic) bond motifs is 1. The zero-order valence-corrected chi connectivity index (χ0v) is 25.2. The molecule has 0 saturated heterocycles. The summed E-state index contributed by atoms with van der Waals surface area (Å²) >= 11 is 7.53. The van der Waals surface area contributed by atoms with E-state index in [0.717, 1.165) is 22.6 Å². The first-order chi connectivity index (χ1) is 19.7. The second-order valence-corrected chi connectivity index (χ2v) is 11.0. The van der Waals surface area contributed by atoms with Crippen molar-refractivity contribution >= 4 is 35.0 Å². The van der Waals surface area contributed by atoms with Crippen LogP contribution in [0.15, 0.2) is 69.6 Å². The van der Waals surface area contributed by atoms with Crippen LogP contribution in [-0.2, 0) is 9.53 Å². The molecule has 1 atom stereocenters. The standard InChI is InChI=1S/C31H30ClN3O5S/c1-7-40-30(37)27-18(3)33-31-35(28(27)24-16-23(38-5)11-12-25(24)39-6)29(36)26(41-31)14-20-13-17(2)34(19(20)4)22-10-8-9-21(32)15-22/h8-16,28H,7H2,1-6H3/b26-14+/t28-/m1/s1. The lowest BCUT2D eigenvalue weighted by molar-refractivity contribution is -0.139. The average molecular weight is 592 g/mol. The molecule has 0 unspecified atom stereocenters. The lowest BCUT2D eigenvalue weighted by Gasteiger charge is -2.26. The quantitative estimate of drug-likeness (QED) is 0.286. The number of rotatable bonds is 7. The molecule has 0 aliphatic carbocycles. The Hall–Kier alpha value is -4.08. The van der Waals surface area contributed by atoms with Gasteiger partial charge in [0.05, 0.1) is 36.6 Å². The summed E-state index contributed by atoms with van der Waals surface area (Å²) in [6, 6.07) is 14.1. The number of hydrogen-bond acceptors (Lipinski definition) is 7. The van der Waals surface area contributed by atoms with E-state index in [9.17, 15) is 9.59 Å². The van der Waals surface area contributed by atoms with Crippen molar-refractivity contribution in [3.05, 3.63) is 107 Å². The number of methoxy groups -OCH3 is 2. The van der Waals surface area contributed by atoms with E-state index in [1.165, 1.54) is 11.3 Å². The van der Waals surface area contributed by atoms with Gasteiger partial charge >= 0.3 is 5.97 Å². The number of aromatic nitrogens is 2. The third kappa shape index (κ3) is 5.11. The van der Waals surface area contributed by atoms with Crippen molar-refractivity contribution in [3.63, 3.8) is 0 Å². The van der Waals surface area contributed by atoms with Crippen LogP contribution in [0.3, 0.4) is 0 Å². The maximum atomic E-state index is 14.1. The van der Waals surface area contributed by atoms with Crippen LogP contribution in [0.5, 0.6) is 11.5 Å². The molecule has 5 rings (SSSR count). The number of halogens is 1. The fourth-order valence-electron chi connectivity index (χ4n) is 5.23. The van der Waals surface area contributed by atoms with Gasteiger partial charge in [-0.25, -0.2) is 9.79 Å². The van der Waals surface area contributed by atoms with Crippen LogP contribution in [0.25, 0.3) is 11.8 Å². The van der Waals surface area contributed by atoms with Gasteiger partial charge in [-0.05, 0) is 81.8 Å². The van der Waals surface area contributed by atoms with Crippen LogP contribution < -0.4 is 24.4 Å². The molecule has 0 bridgehead atoms. The van der Waals surface area contributed by atoms with Gasteiger partial charge < -0.3 is 18.8 Å². The van der Waals surface area contributed by atoms with Crippen molar-refractivity contribution in [3.8, 4) is 17.2 Å². The summed E-state index contributed by atoms with van der Waals surface area (Å²) in [5.41, 5.74) is 4.87. The van der Waals surface area contributed by atoms with E-state index in [2.05, 4.69) is 9.56 Å². The number of carbonyl (C=O) groups excluding carboxylic acids is 1. The number of esters is 1. The first-order valence-corrected chi connectivity index (χ1v) is 14.2. The van der Waals surface area contributed by atoms with Crippen LogP contribution >= 0.6 is 22.9 Å². The number of nitrogens with zero attached hydrogens (tertiary/aromatic N) is 3. The van der Waals surface area contributed by atoms with Gasteiger partial charge in [0.15, 0.2) is 4.80 Å². The van der Waals surface area contributed by atoms with Crippen molar-refractivity contribution in [2.24, 2.45) is 4.99 Å². The molecule has 0 amide bonds. The van der Waals surface area contributed by atoms with Gasteiger partial charge in [0.1, 0.15) is 17.5 Å². The molecule has 41 heavy (non-hydrogen) atoms. The lowest BCUT2D eigenvalue weighted by Crippen LogP contribution is -2.40. The van der Waals surface area contributed by atoms with Gasteiger partial charge in [-0.1, -0.05) is 29.0 Å². The Morgan fingerprint density at radius 2 is 1.88 bits per heavy atom. The Morgan fingerprint density at radius 3 is 2.56 bits per heavy atom. The fourth-order valence-corrected chi connectivity index (χ4v) is 6.45. The van der Waals surface area contributed by atoms with Crippen molar-refractivity contribution in [2.75, 3.05) is 20.8 Å². The molecule has 0 radical (unpaired) electrons. The highest BCUT2D eigenvalue weighted by Crippen LogP contribution is 2.38. The fraction of sp³-hybridized carbons (Fsp3) is 0.258. The minimum Gasteiger partial charge on any atom is -0.497 e. The second-order valence-electron chi connectivity index (χ2n) is 9.55. The normalized spacial score (nSPS) is 15.0. The summed E-state index contributed by atoms with van der Waals surface area (Å²) in [5.74, 6) is 0.532. The molecule has 1 aliphatic heterocycles. The van der Waals surface area contributed by atoms with Crippen LogP contribution in [0.2, 0.25) is 5.02 Å². The van der Waals surface area contributed by atoms with E-state index in [-0.39, 0.29) is 17.7 Å². The van der Waals surface area contributed by atoms with Gasteiger partial charge in [0, 0.05) is 27.7 Å². The minimum absolute atomic E-state index is 0.185. The molecule has 2 aromatic heterocycles. The number of benzene rings is 2. The first kappa shape index (κ1) is 28.4. The van der Waals surface area contributed by atoms with E-state index in [0.29, 0.717) is 37.1 Å².